The average molecular weight is 193 g/mol. The van der Waals surface area contributed by atoms with Crippen LogP contribution in [0, 0.1) is 6.92 Å². The molecule has 0 fully saturated rings. The van der Waals surface area contributed by atoms with E-state index in [1.54, 1.807) is 0 Å². The molecule has 2 rings (SSSR count). The second kappa shape index (κ2) is 3.79. The molecule has 0 bridgehead atoms. The van der Waals surface area contributed by atoms with E-state index in [0.717, 1.165) is 0 Å². The molecule has 0 nitrogen and oxygen atoms in total. The second-order valence-corrected chi connectivity index (χ2v) is 2.85. The normalized spacial score (nSPS) is 9.42. The Morgan fingerprint density at radius 1 is 0.833 bits per heavy atom. The minimum atomic E-state index is 0. The third-order valence-corrected chi connectivity index (χ3v) is 1.90. The number of rotatable bonds is 0. The molecule has 0 spiro atoms. The average Bonchev–Trinajstić information content (AvgIpc) is 2.04. The van der Waals surface area contributed by atoms with Crippen LogP contribution in [0.2, 0.25) is 0 Å². The van der Waals surface area contributed by atoms with E-state index in [4.69, 9.17) is 0 Å². The van der Waals surface area contributed by atoms with Crippen molar-refractivity contribution >= 4 is 10.8 Å². The maximum absolute atomic E-state index is 2.20. The fraction of sp³-hybridized carbons (Fsp3) is 0.0909. The van der Waals surface area contributed by atoms with E-state index >= 15 is 0 Å². The first-order valence-electron chi connectivity index (χ1n) is 3.82. The van der Waals surface area contributed by atoms with E-state index in [1.807, 2.05) is 0 Å². The molecule has 0 aliphatic carbocycles. The van der Waals surface area contributed by atoms with Crippen molar-refractivity contribution in [1.82, 2.24) is 0 Å². The third-order valence-electron chi connectivity index (χ3n) is 1.90. The summed E-state index contributed by atoms with van der Waals surface area (Å²) in [4.78, 5) is 0. The summed E-state index contributed by atoms with van der Waals surface area (Å²) in [7, 11) is 0. The molecular weight excluding hydrogens is 183 g/mol. The monoisotopic (exact) mass is 193 g/mol. The summed E-state index contributed by atoms with van der Waals surface area (Å²) < 4.78 is 0. The minimum absolute atomic E-state index is 0. The van der Waals surface area contributed by atoms with Gasteiger partial charge >= 0.3 is 0 Å². The Balaban J connectivity index is 0.000000720. The van der Waals surface area contributed by atoms with Gasteiger partial charge in [0.05, 0.1) is 0 Å². The van der Waals surface area contributed by atoms with Crippen LogP contribution in [-0.2, 0) is 18.6 Å². The first-order chi connectivity index (χ1) is 5.36. The molecule has 0 saturated carbocycles. The third kappa shape index (κ3) is 1.71. The van der Waals surface area contributed by atoms with Crippen molar-refractivity contribution in [2.45, 2.75) is 6.92 Å². The fourth-order valence-corrected chi connectivity index (χ4v) is 1.31. The second-order valence-electron chi connectivity index (χ2n) is 2.85. The Morgan fingerprint density at radius 2 is 1.50 bits per heavy atom. The molecule has 0 amide bonds. The van der Waals surface area contributed by atoms with Crippen molar-refractivity contribution in [2.24, 2.45) is 0 Å². The van der Waals surface area contributed by atoms with Gasteiger partial charge < -0.3 is 0 Å². The molecule has 2 aromatic carbocycles. The Hall–Kier alpha value is -0.716. The van der Waals surface area contributed by atoms with Gasteiger partial charge in [-0.3, -0.25) is 0 Å². The Labute approximate surface area is 84.5 Å². The molecule has 0 N–H and O–H groups in total. The predicted octanol–water partition coefficient (Wildman–Crippen LogP) is 3.15. The van der Waals surface area contributed by atoms with Crippen LogP contribution in [0.25, 0.3) is 10.8 Å². The molecule has 2 aromatic rings. The van der Waals surface area contributed by atoms with Crippen molar-refractivity contribution < 1.29 is 18.6 Å². The van der Waals surface area contributed by atoms with Gasteiger partial charge in [0.2, 0.25) is 0 Å². The molecule has 0 saturated heterocycles. The first kappa shape index (κ1) is 9.37. The van der Waals surface area contributed by atoms with E-state index in [1.165, 1.54) is 16.3 Å². The zero-order chi connectivity index (χ0) is 7.68. The van der Waals surface area contributed by atoms with Gasteiger partial charge in [0.1, 0.15) is 0 Å². The van der Waals surface area contributed by atoms with Gasteiger partial charge in [-0.15, -0.1) is 0 Å². The van der Waals surface area contributed by atoms with Crippen LogP contribution in [0.1, 0.15) is 5.56 Å². The Bertz CT molecular complexity index is 379. The maximum Gasteiger partial charge on any atom is 0 e. The largest absolute Gasteiger partial charge is 0.0616 e. The van der Waals surface area contributed by atoms with E-state index < -0.39 is 0 Å². The van der Waals surface area contributed by atoms with Crippen molar-refractivity contribution in [1.29, 1.82) is 0 Å². The molecule has 1 heteroatoms. The van der Waals surface area contributed by atoms with Crippen molar-refractivity contribution in [3.8, 4) is 0 Å². The van der Waals surface area contributed by atoms with Crippen LogP contribution in [0.3, 0.4) is 0 Å². The van der Waals surface area contributed by atoms with Gasteiger partial charge in [-0.2, -0.15) is 0 Å². The van der Waals surface area contributed by atoms with Gasteiger partial charge in [-0.05, 0) is 17.7 Å². The number of hydrogen-bond donors (Lipinski definition) is 0. The summed E-state index contributed by atoms with van der Waals surface area (Å²) in [6.07, 6.45) is 0. The predicted molar refractivity (Wildman–Crippen MR) is 48.7 cm³/mol. The van der Waals surface area contributed by atoms with Crippen molar-refractivity contribution in [3.63, 3.8) is 0 Å². The molecule has 0 aliphatic rings. The molecule has 0 unspecified atom stereocenters. The Kier molecular flexibility index (Phi) is 2.96. The van der Waals surface area contributed by atoms with E-state index in [9.17, 15) is 0 Å². The van der Waals surface area contributed by atoms with Gasteiger partial charge in [0.25, 0.3) is 0 Å². The van der Waals surface area contributed by atoms with E-state index in [0.29, 0.717) is 0 Å². The van der Waals surface area contributed by atoms with Gasteiger partial charge in [-0.1, -0.05) is 48.0 Å². The number of benzene rings is 2. The SMILES string of the molecule is Cc1ccc2ccccc2c1.[V]. The van der Waals surface area contributed by atoms with Crippen LogP contribution >= 0.6 is 0 Å². The van der Waals surface area contributed by atoms with Crippen LogP contribution in [-0.4, -0.2) is 0 Å². The van der Waals surface area contributed by atoms with Crippen LogP contribution < -0.4 is 0 Å². The standard InChI is InChI=1S/C11H10.V/c1-9-6-7-10-4-2-3-5-11(10)8-9;/h2-8H,1H3;. The first-order valence-corrected chi connectivity index (χ1v) is 3.82. The van der Waals surface area contributed by atoms with E-state index in [-0.39, 0.29) is 18.6 Å². The summed E-state index contributed by atoms with van der Waals surface area (Å²) in [6, 6.07) is 14.9. The zero-order valence-electron chi connectivity index (χ0n) is 6.99. The molecule has 12 heavy (non-hydrogen) atoms. The van der Waals surface area contributed by atoms with Gasteiger partial charge in [0, 0.05) is 18.6 Å². The molecular formula is C11H10V. The zero-order valence-corrected chi connectivity index (χ0v) is 8.39. The van der Waals surface area contributed by atoms with Gasteiger partial charge in [-0.25, -0.2) is 0 Å². The summed E-state index contributed by atoms with van der Waals surface area (Å²) in [5, 5.41) is 2.64. The molecule has 59 valence electrons. The Morgan fingerprint density at radius 3 is 2.25 bits per heavy atom. The number of aryl methyl sites for hydroxylation is 1. The van der Waals surface area contributed by atoms with Crippen LogP contribution in [0.4, 0.5) is 0 Å². The smallest absolute Gasteiger partial charge is 0 e. The van der Waals surface area contributed by atoms with E-state index in [2.05, 4.69) is 49.4 Å². The summed E-state index contributed by atoms with van der Waals surface area (Å²) in [5.74, 6) is 0. The molecule has 1 radical (unpaired) electrons. The quantitative estimate of drug-likeness (QED) is 0.602. The fourth-order valence-electron chi connectivity index (χ4n) is 1.31. The van der Waals surface area contributed by atoms with Crippen molar-refractivity contribution in [2.75, 3.05) is 0 Å². The summed E-state index contributed by atoms with van der Waals surface area (Å²) in [6.45, 7) is 2.12. The number of fused-ring (bicyclic) bond motifs is 1. The summed E-state index contributed by atoms with van der Waals surface area (Å²) >= 11 is 0. The minimum Gasteiger partial charge on any atom is -0.0616 e. The maximum atomic E-state index is 2.20. The summed E-state index contributed by atoms with van der Waals surface area (Å²) in [5.41, 5.74) is 1.32. The molecule has 0 aliphatic heterocycles. The molecule has 0 aromatic heterocycles. The molecule has 0 atom stereocenters. The van der Waals surface area contributed by atoms with Gasteiger partial charge in [0.15, 0.2) is 0 Å². The topological polar surface area (TPSA) is 0 Å². The number of hydrogen-bond acceptors (Lipinski definition) is 0. The van der Waals surface area contributed by atoms with Crippen LogP contribution in [0.5, 0.6) is 0 Å². The van der Waals surface area contributed by atoms with Crippen molar-refractivity contribution in [3.05, 3.63) is 48.0 Å². The molecule has 0 heterocycles. The van der Waals surface area contributed by atoms with Crippen LogP contribution in [0.15, 0.2) is 42.5 Å².